The van der Waals surface area contributed by atoms with Crippen LogP contribution < -0.4 is 5.56 Å². The molecule has 0 spiro atoms. The first-order chi connectivity index (χ1) is 11.3. The summed E-state index contributed by atoms with van der Waals surface area (Å²) >= 11 is 5.90. The van der Waals surface area contributed by atoms with Crippen molar-refractivity contribution < 1.29 is 10.0 Å². The smallest absolute Gasteiger partial charge is 0.281 e. The summed E-state index contributed by atoms with van der Waals surface area (Å²) in [5, 5.41) is 37.1. The quantitative estimate of drug-likeness (QED) is 0.516. The topological polar surface area (TPSA) is 134 Å². The molecule has 0 saturated heterocycles. The van der Waals surface area contributed by atoms with Crippen molar-refractivity contribution in [2.75, 3.05) is 0 Å². The Kier molecular flexibility index (Phi) is 4.61. The molecular formula is C14H10ClN5O4. The second-order valence-electron chi connectivity index (χ2n) is 4.74. The SMILES string of the molecule is Cc1c(C#N)c(O)n(C)c(=O)c1N=Nc1ccc([N+](=O)[O-])cc1Cl. The average Bonchev–Trinajstić information content (AvgIpc) is 2.54. The lowest BCUT2D eigenvalue weighted by Crippen LogP contribution is -2.18. The van der Waals surface area contributed by atoms with Gasteiger partial charge in [-0.25, -0.2) is 0 Å². The predicted molar refractivity (Wildman–Crippen MR) is 85.1 cm³/mol. The van der Waals surface area contributed by atoms with E-state index in [0.29, 0.717) is 0 Å². The van der Waals surface area contributed by atoms with Gasteiger partial charge < -0.3 is 5.11 Å². The standard InChI is InChI=1S/C14H10ClN5O4/c1-7-9(6-16)13(21)19(2)14(22)12(7)18-17-11-4-3-8(20(23)24)5-10(11)15/h3-5,21H,1-2H3. The number of nitro groups is 1. The van der Waals surface area contributed by atoms with E-state index in [1.165, 1.54) is 26.1 Å². The van der Waals surface area contributed by atoms with Gasteiger partial charge in [0.25, 0.3) is 11.2 Å². The van der Waals surface area contributed by atoms with Gasteiger partial charge in [0.2, 0.25) is 5.88 Å². The molecule has 1 heterocycles. The fourth-order valence-electron chi connectivity index (χ4n) is 1.92. The van der Waals surface area contributed by atoms with Crippen LogP contribution in [0.25, 0.3) is 0 Å². The zero-order valence-corrected chi connectivity index (χ0v) is 13.3. The number of benzene rings is 1. The molecule has 0 atom stereocenters. The Morgan fingerprint density at radius 2 is 2.08 bits per heavy atom. The van der Waals surface area contributed by atoms with Gasteiger partial charge in [0, 0.05) is 24.7 Å². The van der Waals surface area contributed by atoms with E-state index in [0.717, 1.165) is 10.6 Å². The molecule has 0 aliphatic rings. The average molecular weight is 348 g/mol. The van der Waals surface area contributed by atoms with Crippen LogP contribution in [0.4, 0.5) is 17.1 Å². The largest absolute Gasteiger partial charge is 0.493 e. The summed E-state index contributed by atoms with van der Waals surface area (Å²) in [7, 11) is 1.29. The van der Waals surface area contributed by atoms with Crippen molar-refractivity contribution in [2.24, 2.45) is 17.3 Å². The highest BCUT2D eigenvalue weighted by Gasteiger charge is 2.17. The van der Waals surface area contributed by atoms with Crippen molar-refractivity contribution >= 4 is 28.7 Å². The Bertz CT molecular complexity index is 975. The van der Waals surface area contributed by atoms with E-state index >= 15 is 0 Å². The highest BCUT2D eigenvalue weighted by molar-refractivity contribution is 6.33. The number of azo groups is 1. The summed E-state index contributed by atoms with van der Waals surface area (Å²) in [5.74, 6) is -0.465. The summed E-state index contributed by atoms with van der Waals surface area (Å²) in [6.45, 7) is 1.45. The number of rotatable bonds is 3. The zero-order valence-electron chi connectivity index (χ0n) is 12.5. The monoisotopic (exact) mass is 347 g/mol. The lowest BCUT2D eigenvalue weighted by molar-refractivity contribution is -0.384. The summed E-state index contributed by atoms with van der Waals surface area (Å²) in [6.07, 6.45) is 0. The van der Waals surface area contributed by atoms with E-state index < -0.39 is 16.4 Å². The van der Waals surface area contributed by atoms with E-state index in [1.54, 1.807) is 6.07 Å². The van der Waals surface area contributed by atoms with Crippen LogP contribution in [0.15, 0.2) is 33.2 Å². The van der Waals surface area contributed by atoms with Gasteiger partial charge in [-0.15, -0.1) is 10.2 Å². The van der Waals surface area contributed by atoms with E-state index in [2.05, 4.69) is 10.2 Å². The molecule has 2 rings (SSSR count). The summed E-state index contributed by atoms with van der Waals surface area (Å²) in [6, 6.07) is 5.38. The minimum absolute atomic E-state index is 0.0123. The maximum absolute atomic E-state index is 12.1. The van der Waals surface area contributed by atoms with Crippen molar-refractivity contribution in [1.82, 2.24) is 4.57 Å². The number of nitro benzene ring substituents is 1. The van der Waals surface area contributed by atoms with Gasteiger partial charge in [0.1, 0.15) is 17.3 Å². The molecular weight excluding hydrogens is 338 g/mol. The summed E-state index contributed by atoms with van der Waals surface area (Å²) < 4.78 is 0.872. The minimum atomic E-state index is -0.647. The Morgan fingerprint density at radius 3 is 2.62 bits per heavy atom. The first-order valence-corrected chi connectivity index (χ1v) is 6.84. The number of halogens is 1. The molecule has 0 aliphatic heterocycles. The Labute approximate surface area is 140 Å². The first-order valence-electron chi connectivity index (χ1n) is 6.46. The number of nitrogens with zero attached hydrogens (tertiary/aromatic N) is 5. The third-order valence-electron chi connectivity index (χ3n) is 3.29. The zero-order chi connectivity index (χ0) is 18.0. The number of pyridine rings is 1. The maximum Gasteiger partial charge on any atom is 0.281 e. The lowest BCUT2D eigenvalue weighted by Gasteiger charge is -2.08. The van der Waals surface area contributed by atoms with Gasteiger partial charge in [-0.2, -0.15) is 5.26 Å². The van der Waals surface area contributed by atoms with Crippen LogP contribution in [0.3, 0.4) is 0 Å². The molecule has 1 aromatic heterocycles. The van der Waals surface area contributed by atoms with Gasteiger partial charge in [-0.1, -0.05) is 11.6 Å². The molecule has 0 unspecified atom stereocenters. The summed E-state index contributed by atoms with van der Waals surface area (Å²) in [5.41, 5.74) is -0.800. The van der Waals surface area contributed by atoms with Crippen LogP contribution in [0.1, 0.15) is 11.1 Å². The molecule has 0 radical (unpaired) electrons. The Hall–Kier alpha value is -3.25. The number of non-ortho nitro benzene ring substituents is 1. The number of aromatic hydroxyl groups is 1. The van der Waals surface area contributed by atoms with Crippen LogP contribution in [0.5, 0.6) is 5.88 Å². The number of hydrogen-bond acceptors (Lipinski definition) is 7. The third kappa shape index (κ3) is 2.95. The second kappa shape index (κ2) is 6.47. The molecule has 122 valence electrons. The van der Waals surface area contributed by atoms with Crippen molar-refractivity contribution in [3.63, 3.8) is 0 Å². The third-order valence-corrected chi connectivity index (χ3v) is 3.59. The van der Waals surface area contributed by atoms with Gasteiger partial charge >= 0.3 is 0 Å². The first kappa shape index (κ1) is 17.1. The van der Waals surface area contributed by atoms with Gasteiger partial charge in [-0.05, 0) is 13.0 Å². The number of nitriles is 1. The van der Waals surface area contributed by atoms with E-state index in [9.17, 15) is 20.0 Å². The molecule has 10 heteroatoms. The maximum atomic E-state index is 12.1. The van der Waals surface area contributed by atoms with E-state index in [-0.39, 0.29) is 33.2 Å². The van der Waals surface area contributed by atoms with Crippen LogP contribution in [0, 0.1) is 28.4 Å². The van der Waals surface area contributed by atoms with E-state index in [1.807, 2.05) is 0 Å². The molecule has 0 saturated carbocycles. The van der Waals surface area contributed by atoms with Crippen LogP contribution in [-0.4, -0.2) is 14.6 Å². The van der Waals surface area contributed by atoms with Crippen molar-refractivity contribution in [3.05, 3.63) is 54.8 Å². The van der Waals surface area contributed by atoms with Crippen molar-refractivity contribution in [1.29, 1.82) is 5.26 Å². The molecule has 2 aromatic rings. The second-order valence-corrected chi connectivity index (χ2v) is 5.15. The molecule has 0 bridgehead atoms. The molecule has 9 nitrogen and oxygen atoms in total. The molecule has 0 aliphatic carbocycles. The normalized spacial score (nSPS) is 10.8. The Morgan fingerprint density at radius 1 is 1.42 bits per heavy atom. The minimum Gasteiger partial charge on any atom is -0.493 e. The highest BCUT2D eigenvalue weighted by atomic mass is 35.5. The Balaban J connectivity index is 2.55. The molecule has 0 amide bonds. The predicted octanol–water partition coefficient (Wildman–Crippen LogP) is 3.25. The molecule has 1 N–H and O–H groups in total. The highest BCUT2D eigenvalue weighted by Crippen LogP contribution is 2.31. The van der Waals surface area contributed by atoms with Crippen molar-refractivity contribution in [3.8, 4) is 11.9 Å². The fourth-order valence-corrected chi connectivity index (χ4v) is 2.13. The van der Waals surface area contributed by atoms with Crippen LogP contribution in [-0.2, 0) is 7.05 Å². The summed E-state index contributed by atoms with van der Waals surface area (Å²) in [4.78, 5) is 22.2. The lowest BCUT2D eigenvalue weighted by atomic mass is 10.1. The van der Waals surface area contributed by atoms with Gasteiger partial charge in [0.15, 0.2) is 5.69 Å². The van der Waals surface area contributed by atoms with Gasteiger partial charge in [-0.3, -0.25) is 19.5 Å². The molecule has 0 fully saturated rings. The molecule has 1 aromatic carbocycles. The van der Waals surface area contributed by atoms with E-state index in [4.69, 9.17) is 16.9 Å². The fraction of sp³-hybridized carbons (Fsp3) is 0.143. The molecule has 24 heavy (non-hydrogen) atoms. The van der Waals surface area contributed by atoms with Crippen LogP contribution in [0.2, 0.25) is 5.02 Å². The van der Waals surface area contributed by atoms with Crippen molar-refractivity contribution in [2.45, 2.75) is 6.92 Å². The number of aromatic nitrogens is 1. The van der Waals surface area contributed by atoms with Crippen LogP contribution >= 0.6 is 11.6 Å². The van der Waals surface area contributed by atoms with Gasteiger partial charge in [0.05, 0.1) is 9.95 Å². The number of hydrogen-bond donors (Lipinski definition) is 1.